The topological polar surface area (TPSA) is 34.1 Å². The van der Waals surface area contributed by atoms with Crippen LogP contribution < -0.4 is 10.1 Å². The van der Waals surface area contributed by atoms with Crippen LogP contribution in [0.25, 0.3) is 0 Å². The molecule has 0 spiro atoms. The Kier molecular flexibility index (Phi) is 5.26. The van der Waals surface area contributed by atoms with Gasteiger partial charge in [-0.25, -0.2) is 4.98 Å². The number of aromatic nitrogens is 1. The lowest BCUT2D eigenvalue weighted by atomic mass is 10.2. The van der Waals surface area contributed by atoms with E-state index in [-0.39, 0.29) is 0 Å². The van der Waals surface area contributed by atoms with E-state index in [9.17, 15) is 0 Å². The van der Waals surface area contributed by atoms with Crippen LogP contribution in [-0.2, 0) is 6.54 Å². The zero-order valence-electron chi connectivity index (χ0n) is 10.7. The minimum atomic E-state index is 0.496. The summed E-state index contributed by atoms with van der Waals surface area (Å²) in [6.07, 6.45) is 1.01. The molecule has 0 radical (unpaired) electrons. The van der Waals surface area contributed by atoms with Gasteiger partial charge in [-0.15, -0.1) is 0 Å². The highest BCUT2D eigenvalue weighted by atomic mass is 16.5. The fraction of sp³-hybridized carbons (Fsp3) is 0.615. The van der Waals surface area contributed by atoms with Gasteiger partial charge in [0.1, 0.15) is 0 Å². The van der Waals surface area contributed by atoms with Gasteiger partial charge in [0.2, 0.25) is 5.88 Å². The van der Waals surface area contributed by atoms with Gasteiger partial charge in [0, 0.05) is 24.3 Å². The number of nitrogens with zero attached hydrogens (tertiary/aromatic N) is 1. The van der Waals surface area contributed by atoms with E-state index in [0.29, 0.717) is 6.04 Å². The van der Waals surface area contributed by atoms with Crippen molar-refractivity contribution >= 4 is 0 Å². The van der Waals surface area contributed by atoms with Gasteiger partial charge in [-0.3, -0.25) is 0 Å². The minimum Gasteiger partial charge on any atom is -0.478 e. The van der Waals surface area contributed by atoms with Crippen LogP contribution in [0.4, 0.5) is 0 Å². The summed E-state index contributed by atoms with van der Waals surface area (Å²) >= 11 is 0. The second kappa shape index (κ2) is 6.48. The van der Waals surface area contributed by atoms with Gasteiger partial charge in [0.25, 0.3) is 0 Å². The van der Waals surface area contributed by atoms with E-state index in [1.165, 1.54) is 5.56 Å². The number of aryl methyl sites for hydroxylation is 1. The van der Waals surface area contributed by atoms with Crippen molar-refractivity contribution in [2.45, 2.75) is 46.7 Å². The third-order valence-corrected chi connectivity index (χ3v) is 2.32. The minimum absolute atomic E-state index is 0.496. The molecule has 0 aromatic carbocycles. The standard InChI is InChI=1S/C13H22N2O/c1-5-8-16-13-7-6-12(11(4)15-13)9-14-10(2)3/h6-7,10,14H,5,8-9H2,1-4H3. The molecule has 90 valence electrons. The molecular formula is C13H22N2O. The van der Waals surface area contributed by atoms with Crippen LogP contribution in [-0.4, -0.2) is 17.6 Å². The largest absolute Gasteiger partial charge is 0.478 e. The number of ether oxygens (including phenoxy) is 1. The van der Waals surface area contributed by atoms with Crippen molar-refractivity contribution in [2.24, 2.45) is 0 Å². The van der Waals surface area contributed by atoms with Gasteiger partial charge in [0.15, 0.2) is 0 Å². The van der Waals surface area contributed by atoms with Gasteiger partial charge in [-0.1, -0.05) is 26.8 Å². The highest BCUT2D eigenvalue weighted by Gasteiger charge is 2.03. The molecule has 1 aromatic rings. The predicted molar refractivity (Wildman–Crippen MR) is 66.7 cm³/mol. The molecule has 0 unspecified atom stereocenters. The molecule has 0 fully saturated rings. The van der Waals surface area contributed by atoms with Crippen LogP contribution >= 0.6 is 0 Å². The van der Waals surface area contributed by atoms with E-state index >= 15 is 0 Å². The molecule has 0 aliphatic rings. The Morgan fingerprint density at radius 3 is 2.69 bits per heavy atom. The quantitative estimate of drug-likeness (QED) is 0.803. The first-order valence-corrected chi connectivity index (χ1v) is 5.96. The average molecular weight is 222 g/mol. The molecular weight excluding hydrogens is 200 g/mol. The molecule has 0 aliphatic heterocycles. The molecule has 1 heterocycles. The van der Waals surface area contributed by atoms with Crippen molar-refractivity contribution in [3.8, 4) is 5.88 Å². The Labute approximate surface area is 98.2 Å². The zero-order valence-corrected chi connectivity index (χ0v) is 10.7. The maximum atomic E-state index is 5.49. The molecule has 0 atom stereocenters. The molecule has 16 heavy (non-hydrogen) atoms. The second-order valence-corrected chi connectivity index (χ2v) is 4.28. The van der Waals surface area contributed by atoms with Gasteiger partial charge in [-0.05, 0) is 18.9 Å². The lowest BCUT2D eigenvalue weighted by molar-refractivity contribution is 0.304. The van der Waals surface area contributed by atoms with Crippen molar-refractivity contribution in [3.05, 3.63) is 23.4 Å². The first-order chi connectivity index (χ1) is 7.63. The van der Waals surface area contributed by atoms with Crippen LogP contribution in [0.2, 0.25) is 0 Å². The number of rotatable bonds is 6. The fourth-order valence-corrected chi connectivity index (χ4v) is 1.35. The maximum Gasteiger partial charge on any atom is 0.213 e. The molecule has 1 aromatic heterocycles. The Morgan fingerprint density at radius 2 is 2.12 bits per heavy atom. The van der Waals surface area contributed by atoms with E-state index in [2.05, 4.69) is 37.1 Å². The van der Waals surface area contributed by atoms with Gasteiger partial charge in [0.05, 0.1) is 6.61 Å². The molecule has 0 saturated carbocycles. The van der Waals surface area contributed by atoms with Crippen LogP contribution in [0.3, 0.4) is 0 Å². The number of hydrogen-bond donors (Lipinski definition) is 1. The summed E-state index contributed by atoms with van der Waals surface area (Å²) in [5.74, 6) is 0.729. The average Bonchev–Trinajstić information content (AvgIpc) is 2.24. The fourth-order valence-electron chi connectivity index (χ4n) is 1.35. The molecule has 0 aliphatic carbocycles. The van der Waals surface area contributed by atoms with E-state index in [4.69, 9.17) is 4.74 Å². The monoisotopic (exact) mass is 222 g/mol. The lowest BCUT2D eigenvalue weighted by Crippen LogP contribution is -2.22. The molecule has 3 heteroatoms. The van der Waals surface area contributed by atoms with Crippen LogP contribution in [0, 0.1) is 6.92 Å². The number of nitrogens with one attached hydrogen (secondary N) is 1. The highest BCUT2D eigenvalue weighted by molar-refractivity contribution is 5.24. The SMILES string of the molecule is CCCOc1ccc(CNC(C)C)c(C)n1. The van der Waals surface area contributed by atoms with Gasteiger partial charge in [-0.2, -0.15) is 0 Å². The van der Waals surface area contributed by atoms with Crippen molar-refractivity contribution in [2.75, 3.05) is 6.61 Å². The van der Waals surface area contributed by atoms with E-state index in [0.717, 1.165) is 31.1 Å². The lowest BCUT2D eigenvalue weighted by Gasteiger charge is -2.11. The summed E-state index contributed by atoms with van der Waals surface area (Å²) in [6, 6.07) is 4.53. The molecule has 0 saturated heterocycles. The summed E-state index contributed by atoms with van der Waals surface area (Å²) in [5.41, 5.74) is 2.28. The Morgan fingerprint density at radius 1 is 1.38 bits per heavy atom. The zero-order chi connectivity index (χ0) is 12.0. The van der Waals surface area contributed by atoms with Gasteiger partial charge >= 0.3 is 0 Å². The second-order valence-electron chi connectivity index (χ2n) is 4.28. The van der Waals surface area contributed by atoms with E-state index in [1.54, 1.807) is 0 Å². The van der Waals surface area contributed by atoms with Crippen molar-refractivity contribution in [3.63, 3.8) is 0 Å². The number of hydrogen-bond acceptors (Lipinski definition) is 3. The molecule has 1 N–H and O–H groups in total. The smallest absolute Gasteiger partial charge is 0.213 e. The highest BCUT2D eigenvalue weighted by Crippen LogP contribution is 2.12. The Bertz CT molecular complexity index is 324. The molecule has 0 bridgehead atoms. The van der Waals surface area contributed by atoms with Crippen molar-refractivity contribution in [1.82, 2.24) is 10.3 Å². The summed E-state index contributed by atoms with van der Waals surface area (Å²) in [5, 5.41) is 3.38. The van der Waals surface area contributed by atoms with Crippen molar-refractivity contribution < 1.29 is 4.74 Å². The normalized spacial score (nSPS) is 10.8. The van der Waals surface area contributed by atoms with Gasteiger partial charge < -0.3 is 10.1 Å². The number of pyridine rings is 1. The molecule has 3 nitrogen and oxygen atoms in total. The van der Waals surface area contributed by atoms with Crippen LogP contribution in [0.15, 0.2) is 12.1 Å². The summed E-state index contributed by atoms with van der Waals surface area (Å²) < 4.78 is 5.49. The van der Waals surface area contributed by atoms with Crippen LogP contribution in [0.1, 0.15) is 38.4 Å². The summed E-state index contributed by atoms with van der Waals surface area (Å²) in [7, 11) is 0. The first kappa shape index (κ1) is 13.0. The Hall–Kier alpha value is -1.09. The third-order valence-electron chi connectivity index (χ3n) is 2.32. The summed E-state index contributed by atoms with van der Waals surface area (Å²) in [4.78, 5) is 4.43. The summed E-state index contributed by atoms with van der Waals surface area (Å²) in [6.45, 7) is 9.99. The van der Waals surface area contributed by atoms with E-state index in [1.807, 2.05) is 13.0 Å². The third kappa shape index (κ3) is 4.19. The van der Waals surface area contributed by atoms with E-state index < -0.39 is 0 Å². The maximum absolute atomic E-state index is 5.49. The first-order valence-electron chi connectivity index (χ1n) is 5.96. The molecule has 0 amide bonds. The molecule has 1 rings (SSSR count). The predicted octanol–water partition coefficient (Wildman–Crippen LogP) is 2.68. The Balaban J connectivity index is 2.60. The van der Waals surface area contributed by atoms with Crippen molar-refractivity contribution in [1.29, 1.82) is 0 Å². The van der Waals surface area contributed by atoms with Crippen LogP contribution in [0.5, 0.6) is 5.88 Å².